The standard InChI is InChI=1S/C25H36N4O3/c1-15(2)22-14-29-16(3)12-21(25(31)27-19-8-10-32-11-9-19)23(24(29)28-22)18-6-5-7-20(13-18)26-17(4)30/h12,14-15,18-20H,5-11,13H2,1-4H3,(H,26,30)(H,27,31). The molecule has 3 heterocycles. The minimum atomic E-state index is -0.0201. The van der Waals surface area contributed by atoms with E-state index in [2.05, 4.69) is 35.1 Å². The molecule has 174 valence electrons. The number of imidazole rings is 1. The molecule has 7 heteroatoms. The molecule has 2 fully saturated rings. The average Bonchev–Trinajstić information content (AvgIpc) is 3.20. The second kappa shape index (κ2) is 9.61. The molecule has 7 nitrogen and oxygen atoms in total. The zero-order chi connectivity index (χ0) is 22.8. The molecule has 1 aliphatic heterocycles. The lowest BCUT2D eigenvalue weighted by Gasteiger charge is -2.31. The van der Waals surface area contributed by atoms with E-state index in [0.717, 1.165) is 66.7 Å². The minimum Gasteiger partial charge on any atom is -0.381 e. The van der Waals surface area contributed by atoms with E-state index in [-0.39, 0.29) is 29.8 Å². The number of ether oxygens (including phenoxy) is 1. The zero-order valence-corrected chi connectivity index (χ0v) is 19.7. The number of hydrogen-bond donors (Lipinski definition) is 2. The van der Waals surface area contributed by atoms with Gasteiger partial charge in [-0.2, -0.15) is 0 Å². The summed E-state index contributed by atoms with van der Waals surface area (Å²) in [4.78, 5) is 30.2. The Morgan fingerprint density at radius 2 is 1.88 bits per heavy atom. The Labute approximate surface area is 190 Å². The third kappa shape index (κ3) is 4.82. The molecule has 0 aromatic carbocycles. The molecular formula is C25H36N4O3. The van der Waals surface area contributed by atoms with Crippen molar-refractivity contribution in [3.05, 3.63) is 34.8 Å². The predicted octanol–water partition coefficient (Wildman–Crippen LogP) is 3.84. The second-order valence-electron chi connectivity index (χ2n) is 9.75. The second-order valence-corrected chi connectivity index (χ2v) is 9.75. The van der Waals surface area contributed by atoms with Crippen LogP contribution in [0, 0.1) is 6.92 Å². The van der Waals surface area contributed by atoms with Crippen LogP contribution in [0.1, 0.15) is 98.4 Å². The molecule has 2 aliphatic rings. The van der Waals surface area contributed by atoms with Crippen molar-refractivity contribution >= 4 is 17.5 Å². The molecule has 2 aromatic heterocycles. The fourth-order valence-corrected chi connectivity index (χ4v) is 5.18. The van der Waals surface area contributed by atoms with Gasteiger partial charge in [0.1, 0.15) is 5.65 Å². The van der Waals surface area contributed by atoms with E-state index < -0.39 is 0 Å². The first-order valence-electron chi connectivity index (χ1n) is 12.0. The van der Waals surface area contributed by atoms with Gasteiger partial charge in [0.15, 0.2) is 0 Å². The van der Waals surface area contributed by atoms with Crippen LogP contribution in [0.5, 0.6) is 0 Å². The van der Waals surface area contributed by atoms with E-state index in [0.29, 0.717) is 19.1 Å². The van der Waals surface area contributed by atoms with Crippen LogP contribution in [0.15, 0.2) is 12.3 Å². The van der Waals surface area contributed by atoms with Crippen molar-refractivity contribution in [2.45, 2.75) is 90.1 Å². The van der Waals surface area contributed by atoms with Crippen molar-refractivity contribution < 1.29 is 14.3 Å². The fourth-order valence-electron chi connectivity index (χ4n) is 5.18. The van der Waals surface area contributed by atoms with Crippen molar-refractivity contribution in [1.29, 1.82) is 0 Å². The maximum atomic E-state index is 13.5. The van der Waals surface area contributed by atoms with Gasteiger partial charge in [-0.1, -0.05) is 20.3 Å². The fraction of sp³-hybridized carbons (Fsp3) is 0.640. The van der Waals surface area contributed by atoms with E-state index in [9.17, 15) is 9.59 Å². The number of rotatable bonds is 5. The van der Waals surface area contributed by atoms with Crippen LogP contribution in [-0.2, 0) is 9.53 Å². The topological polar surface area (TPSA) is 84.7 Å². The summed E-state index contributed by atoms with van der Waals surface area (Å²) in [5, 5.41) is 6.35. The number of nitrogens with zero attached hydrogens (tertiary/aromatic N) is 2. The third-order valence-electron chi connectivity index (χ3n) is 6.87. The summed E-state index contributed by atoms with van der Waals surface area (Å²) in [5.41, 5.74) is 4.69. The summed E-state index contributed by atoms with van der Waals surface area (Å²) in [5.74, 6) is 0.472. The van der Waals surface area contributed by atoms with E-state index in [1.807, 2.05) is 13.0 Å². The van der Waals surface area contributed by atoms with E-state index in [1.54, 1.807) is 6.92 Å². The molecule has 1 saturated carbocycles. The number of fused-ring (bicyclic) bond motifs is 1. The first-order valence-corrected chi connectivity index (χ1v) is 12.0. The van der Waals surface area contributed by atoms with Gasteiger partial charge in [-0.25, -0.2) is 4.98 Å². The predicted molar refractivity (Wildman–Crippen MR) is 124 cm³/mol. The summed E-state index contributed by atoms with van der Waals surface area (Å²) >= 11 is 0. The first-order chi connectivity index (χ1) is 15.3. The number of nitrogens with one attached hydrogen (secondary N) is 2. The summed E-state index contributed by atoms with van der Waals surface area (Å²) in [6.45, 7) is 9.27. The van der Waals surface area contributed by atoms with Gasteiger partial charge < -0.3 is 19.8 Å². The lowest BCUT2D eigenvalue weighted by molar-refractivity contribution is -0.119. The number of amides is 2. The number of carbonyl (C=O) groups excluding carboxylic acids is 2. The van der Waals surface area contributed by atoms with Crippen LogP contribution >= 0.6 is 0 Å². The number of carbonyl (C=O) groups is 2. The molecule has 32 heavy (non-hydrogen) atoms. The molecule has 2 unspecified atom stereocenters. The van der Waals surface area contributed by atoms with Crippen molar-refractivity contribution in [2.24, 2.45) is 0 Å². The number of aromatic nitrogens is 2. The Hall–Kier alpha value is -2.41. The summed E-state index contributed by atoms with van der Waals surface area (Å²) in [6.07, 6.45) is 7.62. The van der Waals surface area contributed by atoms with Crippen LogP contribution in [0.2, 0.25) is 0 Å². The molecule has 2 amide bonds. The largest absolute Gasteiger partial charge is 0.381 e. The molecule has 4 rings (SSSR count). The summed E-state index contributed by atoms with van der Waals surface area (Å²) in [7, 11) is 0. The highest BCUT2D eigenvalue weighted by Gasteiger charge is 2.31. The minimum absolute atomic E-state index is 0.00471. The third-order valence-corrected chi connectivity index (χ3v) is 6.87. The maximum absolute atomic E-state index is 13.5. The maximum Gasteiger partial charge on any atom is 0.251 e. The van der Waals surface area contributed by atoms with Gasteiger partial charge in [0.05, 0.1) is 5.69 Å². The molecule has 1 aliphatic carbocycles. The van der Waals surface area contributed by atoms with E-state index >= 15 is 0 Å². The van der Waals surface area contributed by atoms with Crippen molar-refractivity contribution in [2.75, 3.05) is 13.2 Å². The average molecular weight is 441 g/mol. The number of hydrogen-bond acceptors (Lipinski definition) is 4. The smallest absolute Gasteiger partial charge is 0.251 e. The van der Waals surface area contributed by atoms with Crippen LogP contribution < -0.4 is 10.6 Å². The van der Waals surface area contributed by atoms with Gasteiger partial charge in [0, 0.05) is 55.2 Å². The monoisotopic (exact) mass is 440 g/mol. The molecular weight excluding hydrogens is 404 g/mol. The summed E-state index contributed by atoms with van der Waals surface area (Å²) in [6, 6.07) is 2.30. The van der Waals surface area contributed by atoms with Gasteiger partial charge in [-0.15, -0.1) is 0 Å². The Morgan fingerprint density at radius 3 is 2.56 bits per heavy atom. The van der Waals surface area contributed by atoms with Gasteiger partial charge in [-0.3, -0.25) is 9.59 Å². The lowest BCUT2D eigenvalue weighted by atomic mass is 9.79. The Morgan fingerprint density at radius 1 is 1.12 bits per heavy atom. The lowest BCUT2D eigenvalue weighted by Crippen LogP contribution is -2.40. The SMILES string of the molecule is CC(=O)NC1CCCC(c2c(C(=O)NC3CCOCC3)cc(C)n3cc(C(C)C)nc23)C1. The van der Waals surface area contributed by atoms with Crippen LogP contribution in [0.25, 0.3) is 5.65 Å². The molecule has 0 radical (unpaired) electrons. The quantitative estimate of drug-likeness (QED) is 0.740. The van der Waals surface area contributed by atoms with Crippen molar-refractivity contribution in [1.82, 2.24) is 20.0 Å². The number of pyridine rings is 1. The highest BCUT2D eigenvalue weighted by molar-refractivity contribution is 5.98. The molecule has 0 bridgehead atoms. The molecule has 0 spiro atoms. The van der Waals surface area contributed by atoms with Crippen molar-refractivity contribution in [3.8, 4) is 0 Å². The van der Waals surface area contributed by atoms with Gasteiger partial charge in [0.2, 0.25) is 5.91 Å². The molecule has 2 aromatic rings. The Balaban J connectivity index is 1.76. The van der Waals surface area contributed by atoms with Crippen LogP contribution in [0.3, 0.4) is 0 Å². The van der Waals surface area contributed by atoms with E-state index in [1.165, 1.54) is 0 Å². The number of aryl methyl sites for hydroxylation is 1. The molecule has 2 N–H and O–H groups in total. The van der Waals surface area contributed by atoms with Gasteiger partial charge in [0.25, 0.3) is 5.91 Å². The van der Waals surface area contributed by atoms with Gasteiger partial charge >= 0.3 is 0 Å². The van der Waals surface area contributed by atoms with E-state index in [4.69, 9.17) is 9.72 Å². The van der Waals surface area contributed by atoms with Gasteiger partial charge in [-0.05, 0) is 56.9 Å². The van der Waals surface area contributed by atoms with Crippen LogP contribution in [0.4, 0.5) is 0 Å². The highest BCUT2D eigenvalue weighted by atomic mass is 16.5. The highest BCUT2D eigenvalue weighted by Crippen LogP contribution is 2.38. The van der Waals surface area contributed by atoms with Crippen molar-refractivity contribution in [3.63, 3.8) is 0 Å². The normalized spacial score (nSPS) is 22.3. The molecule has 1 saturated heterocycles. The zero-order valence-electron chi connectivity index (χ0n) is 19.7. The summed E-state index contributed by atoms with van der Waals surface area (Å²) < 4.78 is 7.59. The van der Waals surface area contributed by atoms with Crippen LogP contribution in [-0.4, -0.2) is 46.5 Å². The Bertz CT molecular complexity index is 991. The molecule has 2 atom stereocenters. The Kier molecular flexibility index (Phi) is 6.84. The first kappa shape index (κ1) is 22.8.